The third kappa shape index (κ3) is 2.42. The summed E-state index contributed by atoms with van der Waals surface area (Å²) in [5.74, 6) is 0.876. The maximum atomic E-state index is 6.12. The van der Waals surface area contributed by atoms with Crippen LogP contribution in [0.1, 0.15) is 28.4 Å². The summed E-state index contributed by atoms with van der Waals surface area (Å²) in [6.07, 6.45) is 2.04. The summed E-state index contributed by atoms with van der Waals surface area (Å²) >= 11 is 0. The first-order valence-electron chi connectivity index (χ1n) is 7.94. The van der Waals surface area contributed by atoms with Crippen LogP contribution in [0.2, 0.25) is 0 Å². The lowest BCUT2D eigenvalue weighted by Crippen LogP contribution is -2.08. The van der Waals surface area contributed by atoms with Crippen molar-refractivity contribution >= 4 is 11.3 Å². The number of pyridine rings is 1. The molecule has 0 radical (unpaired) electrons. The van der Waals surface area contributed by atoms with Gasteiger partial charge in [0.1, 0.15) is 5.82 Å². The van der Waals surface area contributed by atoms with Gasteiger partial charge in [0.25, 0.3) is 0 Å². The lowest BCUT2D eigenvalue weighted by Gasteiger charge is -2.17. The molecule has 0 aliphatic carbocycles. The third-order valence-corrected chi connectivity index (χ3v) is 4.22. The number of fused-ring (bicyclic) bond motifs is 1. The van der Waals surface area contributed by atoms with Crippen LogP contribution >= 0.6 is 0 Å². The minimum atomic E-state index is 0.00333. The molecule has 118 valence electrons. The first-order valence-corrected chi connectivity index (χ1v) is 7.94. The van der Waals surface area contributed by atoms with Crippen LogP contribution in [0.15, 0.2) is 72.9 Å². The van der Waals surface area contributed by atoms with Crippen LogP contribution in [0.25, 0.3) is 5.65 Å². The fourth-order valence-corrected chi connectivity index (χ4v) is 3.16. The molecule has 2 aromatic carbocycles. The van der Waals surface area contributed by atoms with E-state index in [2.05, 4.69) is 34.5 Å². The molecule has 4 nitrogen and oxygen atoms in total. The highest BCUT2D eigenvalue weighted by Gasteiger charge is 2.22. The zero-order valence-electron chi connectivity index (χ0n) is 13.4. The molecule has 4 rings (SSSR count). The van der Waals surface area contributed by atoms with Crippen LogP contribution in [0.3, 0.4) is 0 Å². The van der Waals surface area contributed by atoms with Gasteiger partial charge in [0, 0.05) is 6.20 Å². The van der Waals surface area contributed by atoms with E-state index in [1.165, 1.54) is 11.1 Å². The first kappa shape index (κ1) is 14.5. The van der Waals surface area contributed by atoms with Gasteiger partial charge >= 0.3 is 0 Å². The van der Waals surface area contributed by atoms with Gasteiger partial charge in [-0.15, -0.1) is 10.2 Å². The van der Waals surface area contributed by atoms with Crippen LogP contribution in [0.4, 0.5) is 5.69 Å². The Labute approximate surface area is 140 Å². The Morgan fingerprint density at radius 3 is 2.04 bits per heavy atom. The number of benzene rings is 2. The summed E-state index contributed by atoms with van der Waals surface area (Å²) < 4.78 is 2.01. The summed E-state index contributed by atoms with van der Waals surface area (Å²) in [5.41, 5.74) is 10.9. The lowest BCUT2D eigenvalue weighted by molar-refractivity contribution is 0.832. The van der Waals surface area contributed by atoms with Crippen molar-refractivity contribution in [1.82, 2.24) is 14.6 Å². The highest BCUT2D eigenvalue weighted by molar-refractivity contribution is 5.65. The van der Waals surface area contributed by atoms with E-state index < -0.39 is 0 Å². The maximum absolute atomic E-state index is 6.12. The molecular weight excluding hydrogens is 296 g/mol. The van der Waals surface area contributed by atoms with Crippen molar-refractivity contribution in [1.29, 1.82) is 0 Å². The lowest BCUT2D eigenvalue weighted by atomic mass is 9.90. The van der Waals surface area contributed by atoms with Crippen molar-refractivity contribution in [2.45, 2.75) is 12.8 Å². The molecule has 0 unspecified atom stereocenters. The zero-order valence-corrected chi connectivity index (χ0v) is 13.4. The van der Waals surface area contributed by atoms with Gasteiger partial charge < -0.3 is 5.73 Å². The van der Waals surface area contributed by atoms with Crippen LogP contribution in [-0.2, 0) is 0 Å². The number of nitrogens with zero attached hydrogens (tertiary/aromatic N) is 3. The third-order valence-electron chi connectivity index (χ3n) is 4.22. The van der Waals surface area contributed by atoms with Crippen molar-refractivity contribution in [2.75, 3.05) is 5.73 Å². The number of hydrogen-bond acceptors (Lipinski definition) is 3. The predicted octanol–water partition coefficient (Wildman–Crippen LogP) is 3.80. The van der Waals surface area contributed by atoms with Crippen molar-refractivity contribution < 1.29 is 0 Å². The molecule has 2 heterocycles. The number of nitrogen functional groups attached to an aromatic ring is 1. The molecule has 2 aromatic heterocycles. The van der Waals surface area contributed by atoms with E-state index in [-0.39, 0.29) is 5.92 Å². The molecule has 0 aliphatic heterocycles. The highest BCUT2D eigenvalue weighted by Crippen LogP contribution is 2.31. The standard InChI is InChI=1S/C20H18N4/c1-14-12-17(21)19-22-23-20(24(19)13-14)18(15-8-4-2-5-9-15)16-10-6-3-7-11-16/h2-13,18H,21H2,1H3. The first-order chi connectivity index (χ1) is 11.7. The summed E-state index contributed by atoms with van der Waals surface area (Å²) in [6, 6.07) is 22.7. The molecule has 0 aliphatic rings. The fourth-order valence-electron chi connectivity index (χ4n) is 3.16. The summed E-state index contributed by atoms with van der Waals surface area (Å²) in [6.45, 7) is 2.03. The Bertz CT molecular complexity index is 935. The maximum Gasteiger partial charge on any atom is 0.184 e. The van der Waals surface area contributed by atoms with Crippen LogP contribution < -0.4 is 5.73 Å². The number of nitrogens with two attached hydrogens (primary N) is 1. The van der Waals surface area contributed by atoms with E-state index in [0.717, 1.165) is 11.4 Å². The zero-order chi connectivity index (χ0) is 16.5. The molecule has 24 heavy (non-hydrogen) atoms. The Morgan fingerprint density at radius 1 is 0.875 bits per heavy atom. The second-order valence-corrected chi connectivity index (χ2v) is 5.98. The topological polar surface area (TPSA) is 56.2 Å². The molecule has 0 bridgehead atoms. The summed E-state index contributed by atoms with van der Waals surface area (Å²) in [5, 5.41) is 8.80. The van der Waals surface area contributed by atoms with Crippen molar-refractivity contribution in [2.24, 2.45) is 0 Å². The number of anilines is 1. The highest BCUT2D eigenvalue weighted by atomic mass is 15.3. The quantitative estimate of drug-likeness (QED) is 0.626. The Kier molecular flexibility index (Phi) is 3.50. The molecule has 0 spiro atoms. The van der Waals surface area contributed by atoms with Crippen LogP contribution in [0.5, 0.6) is 0 Å². The minimum Gasteiger partial charge on any atom is -0.396 e. The van der Waals surface area contributed by atoms with Gasteiger partial charge in [-0.2, -0.15) is 0 Å². The molecule has 0 fully saturated rings. The van der Waals surface area contributed by atoms with Gasteiger partial charge in [-0.25, -0.2) is 0 Å². The number of aryl methyl sites for hydroxylation is 1. The van der Waals surface area contributed by atoms with Gasteiger partial charge in [0.2, 0.25) is 0 Å². The van der Waals surface area contributed by atoms with Crippen LogP contribution in [-0.4, -0.2) is 14.6 Å². The molecule has 0 amide bonds. The van der Waals surface area contributed by atoms with Gasteiger partial charge in [-0.1, -0.05) is 60.7 Å². The van der Waals surface area contributed by atoms with Crippen molar-refractivity contribution in [3.05, 3.63) is 95.4 Å². The van der Waals surface area contributed by atoms with E-state index >= 15 is 0 Å². The number of aromatic nitrogens is 3. The Balaban J connectivity index is 1.98. The van der Waals surface area contributed by atoms with Gasteiger partial charge in [0.05, 0.1) is 11.6 Å². The predicted molar refractivity (Wildman–Crippen MR) is 96.0 cm³/mol. The smallest absolute Gasteiger partial charge is 0.184 e. The average Bonchev–Trinajstić information content (AvgIpc) is 3.01. The number of hydrogen-bond donors (Lipinski definition) is 1. The van der Waals surface area contributed by atoms with E-state index in [1.54, 1.807) is 0 Å². The van der Waals surface area contributed by atoms with E-state index in [1.807, 2.05) is 60.0 Å². The van der Waals surface area contributed by atoms with E-state index in [9.17, 15) is 0 Å². The second kappa shape index (κ2) is 5.81. The summed E-state index contributed by atoms with van der Waals surface area (Å²) in [4.78, 5) is 0. The SMILES string of the molecule is Cc1cc(N)c2nnc(C(c3ccccc3)c3ccccc3)n2c1. The molecule has 0 saturated heterocycles. The van der Waals surface area contributed by atoms with Gasteiger partial charge in [0.15, 0.2) is 5.65 Å². The summed E-state index contributed by atoms with van der Waals surface area (Å²) in [7, 11) is 0. The number of rotatable bonds is 3. The van der Waals surface area contributed by atoms with E-state index in [0.29, 0.717) is 11.3 Å². The Hall–Kier alpha value is -3.14. The Morgan fingerprint density at radius 2 is 1.46 bits per heavy atom. The normalized spacial score (nSPS) is 11.2. The second-order valence-electron chi connectivity index (χ2n) is 5.98. The molecule has 0 saturated carbocycles. The largest absolute Gasteiger partial charge is 0.396 e. The molecule has 4 aromatic rings. The van der Waals surface area contributed by atoms with E-state index in [4.69, 9.17) is 5.73 Å². The van der Waals surface area contributed by atoms with Crippen LogP contribution in [0, 0.1) is 6.92 Å². The van der Waals surface area contributed by atoms with Gasteiger partial charge in [-0.3, -0.25) is 4.40 Å². The molecule has 2 N–H and O–H groups in total. The average molecular weight is 314 g/mol. The van der Waals surface area contributed by atoms with Gasteiger partial charge in [-0.05, 0) is 29.7 Å². The molecule has 0 atom stereocenters. The molecule has 4 heteroatoms. The fraction of sp³-hybridized carbons (Fsp3) is 0.100. The van der Waals surface area contributed by atoms with Crippen molar-refractivity contribution in [3.8, 4) is 0 Å². The minimum absolute atomic E-state index is 0.00333. The monoisotopic (exact) mass is 314 g/mol. The molecular formula is C20H18N4. The van der Waals surface area contributed by atoms with Crippen molar-refractivity contribution in [3.63, 3.8) is 0 Å².